The fraction of sp³-hybridized carbons (Fsp3) is 0.214. The zero-order valence-electron chi connectivity index (χ0n) is 11.5. The van der Waals surface area contributed by atoms with Crippen molar-refractivity contribution in [2.24, 2.45) is 0 Å². The van der Waals surface area contributed by atoms with E-state index in [1.54, 1.807) is 6.92 Å². The molecule has 0 aliphatic rings. The molecule has 0 unspecified atom stereocenters. The van der Waals surface area contributed by atoms with Crippen molar-refractivity contribution in [1.82, 2.24) is 9.97 Å². The van der Waals surface area contributed by atoms with Gasteiger partial charge in [-0.05, 0) is 24.6 Å². The summed E-state index contributed by atoms with van der Waals surface area (Å²) in [5.41, 5.74) is 6.52. The fourth-order valence-electron chi connectivity index (χ4n) is 1.98. The number of nitrogens with zero attached hydrogens (tertiary/aromatic N) is 2. The van der Waals surface area contributed by atoms with Crippen LogP contribution in [0, 0.1) is 18.6 Å². The van der Waals surface area contributed by atoms with Gasteiger partial charge in [0.2, 0.25) is 0 Å². The Morgan fingerprint density at radius 1 is 1.24 bits per heavy atom. The maximum Gasteiger partial charge on any atom is 0.343 e. The zero-order valence-corrected chi connectivity index (χ0v) is 11.5. The van der Waals surface area contributed by atoms with Crippen molar-refractivity contribution in [3.63, 3.8) is 0 Å². The number of ether oxygens (including phenoxy) is 1. The molecule has 5 nitrogen and oxygen atoms in total. The van der Waals surface area contributed by atoms with Gasteiger partial charge in [0, 0.05) is 12.5 Å². The first-order valence-electron chi connectivity index (χ1n) is 6.07. The molecular formula is C14H13F2N3O2. The molecule has 1 aromatic carbocycles. The summed E-state index contributed by atoms with van der Waals surface area (Å²) in [6, 6.07) is 3.16. The maximum absolute atomic E-state index is 13.1. The predicted molar refractivity (Wildman–Crippen MR) is 71.7 cm³/mol. The molecule has 2 rings (SSSR count). The minimum absolute atomic E-state index is 0.0266. The third-order valence-electron chi connectivity index (χ3n) is 2.84. The Labute approximate surface area is 119 Å². The Morgan fingerprint density at radius 3 is 2.38 bits per heavy atom. The van der Waals surface area contributed by atoms with E-state index in [-0.39, 0.29) is 23.6 Å². The van der Waals surface area contributed by atoms with Crippen molar-refractivity contribution in [2.45, 2.75) is 13.3 Å². The summed E-state index contributed by atoms with van der Waals surface area (Å²) in [5.74, 6) is -1.75. The Balaban J connectivity index is 2.36. The Morgan fingerprint density at radius 2 is 1.86 bits per heavy atom. The van der Waals surface area contributed by atoms with Crippen molar-refractivity contribution in [2.75, 3.05) is 12.8 Å². The zero-order chi connectivity index (χ0) is 15.6. The lowest BCUT2D eigenvalue weighted by Crippen LogP contribution is -2.13. The van der Waals surface area contributed by atoms with Crippen LogP contribution in [0.15, 0.2) is 18.2 Å². The minimum Gasteiger partial charge on any atom is -0.465 e. The minimum atomic E-state index is -0.680. The van der Waals surface area contributed by atoms with E-state index in [2.05, 4.69) is 14.7 Å². The smallest absolute Gasteiger partial charge is 0.343 e. The van der Waals surface area contributed by atoms with Crippen LogP contribution in [0.2, 0.25) is 0 Å². The topological polar surface area (TPSA) is 78.1 Å². The van der Waals surface area contributed by atoms with E-state index in [1.165, 1.54) is 19.2 Å². The van der Waals surface area contributed by atoms with Crippen molar-refractivity contribution < 1.29 is 18.3 Å². The molecule has 0 aliphatic carbocycles. The summed E-state index contributed by atoms with van der Waals surface area (Å²) < 4.78 is 30.9. The van der Waals surface area contributed by atoms with E-state index < -0.39 is 17.6 Å². The van der Waals surface area contributed by atoms with Gasteiger partial charge < -0.3 is 10.5 Å². The van der Waals surface area contributed by atoms with Gasteiger partial charge in [0.05, 0.1) is 12.8 Å². The quantitative estimate of drug-likeness (QED) is 0.876. The molecule has 1 heterocycles. The lowest BCUT2D eigenvalue weighted by Gasteiger charge is -2.09. The number of hydrogen-bond donors (Lipinski definition) is 1. The lowest BCUT2D eigenvalue weighted by atomic mass is 10.1. The first-order chi connectivity index (χ1) is 9.90. The largest absolute Gasteiger partial charge is 0.465 e. The molecule has 0 atom stereocenters. The molecule has 0 aliphatic heterocycles. The second-order valence-electron chi connectivity index (χ2n) is 4.43. The van der Waals surface area contributed by atoms with Crippen LogP contribution >= 0.6 is 0 Å². The van der Waals surface area contributed by atoms with E-state index >= 15 is 0 Å². The van der Waals surface area contributed by atoms with Gasteiger partial charge in [-0.15, -0.1) is 0 Å². The van der Waals surface area contributed by atoms with Crippen LogP contribution in [-0.4, -0.2) is 23.0 Å². The molecule has 0 radical (unpaired) electrons. The van der Waals surface area contributed by atoms with Crippen LogP contribution in [0.1, 0.15) is 27.4 Å². The first kappa shape index (κ1) is 14.8. The van der Waals surface area contributed by atoms with Crippen molar-refractivity contribution in [1.29, 1.82) is 0 Å². The highest BCUT2D eigenvalue weighted by Gasteiger charge is 2.17. The van der Waals surface area contributed by atoms with Gasteiger partial charge in [0.15, 0.2) is 0 Å². The van der Waals surface area contributed by atoms with Crippen LogP contribution in [0.25, 0.3) is 0 Å². The van der Waals surface area contributed by atoms with Crippen LogP contribution in [-0.2, 0) is 11.2 Å². The third-order valence-corrected chi connectivity index (χ3v) is 2.84. The van der Waals surface area contributed by atoms with Crippen molar-refractivity contribution >= 4 is 11.8 Å². The monoisotopic (exact) mass is 293 g/mol. The number of hydrogen-bond acceptors (Lipinski definition) is 5. The number of nitrogens with two attached hydrogens (primary N) is 1. The highest BCUT2D eigenvalue weighted by Crippen LogP contribution is 2.17. The molecule has 0 saturated heterocycles. The summed E-state index contributed by atoms with van der Waals surface area (Å²) in [6.45, 7) is 1.58. The Kier molecular flexibility index (Phi) is 4.11. The molecular weight excluding hydrogens is 280 g/mol. The van der Waals surface area contributed by atoms with Gasteiger partial charge in [-0.1, -0.05) is 0 Å². The van der Waals surface area contributed by atoms with Gasteiger partial charge in [0.25, 0.3) is 0 Å². The lowest BCUT2D eigenvalue weighted by molar-refractivity contribution is 0.0600. The van der Waals surface area contributed by atoms with Gasteiger partial charge in [-0.3, -0.25) is 0 Å². The summed E-state index contributed by atoms with van der Waals surface area (Å²) in [7, 11) is 1.23. The number of benzene rings is 1. The van der Waals surface area contributed by atoms with Gasteiger partial charge >= 0.3 is 5.97 Å². The maximum atomic E-state index is 13.1. The number of esters is 1. The molecule has 2 N–H and O–H groups in total. The molecule has 0 amide bonds. The number of methoxy groups -OCH3 is 1. The van der Waals surface area contributed by atoms with E-state index in [9.17, 15) is 13.6 Å². The Hall–Kier alpha value is -2.57. The Bertz CT molecular complexity index is 661. The summed E-state index contributed by atoms with van der Waals surface area (Å²) in [4.78, 5) is 19.6. The third kappa shape index (κ3) is 3.31. The van der Waals surface area contributed by atoms with E-state index in [0.717, 1.165) is 6.07 Å². The highest BCUT2D eigenvalue weighted by atomic mass is 19.1. The SMILES string of the molecule is COC(=O)c1c(C)nc(Cc2cc(F)cc(F)c2)nc1N. The van der Waals surface area contributed by atoms with Gasteiger partial charge in [0.1, 0.15) is 28.8 Å². The number of halogens is 2. The highest BCUT2D eigenvalue weighted by molar-refractivity contribution is 5.95. The molecule has 7 heteroatoms. The van der Waals surface area contributed by atoms with Gasteiger partial charge in [-0.25, -0.2) is 23.5 Å². The number of aryl methyl sites for hydroxylation is 1. The fourth-order valence-corrected chi connectivity index (χ4v) is 1.98. The summed E-state index contributed by atoms with van der Waals surface area (Å²) in [5, 5.41) is 0. The molecule has 110 valence electrons. The van der Waals surface area contributed by atoms with Gasteiger partial charge in [-0.2, -0.15) is 0 Å². The normalized spacial score (nSPS) is 10.5. The van der Waals surface area contributed by atoms with E-state index in [1.807, 2.05) is 0 Å². The molecule has 2 aromatic rings. The molecule has 1 aromatic heterocycles. The molecule has 0 spiro atoms. The number of carbonyl (C=O) groups is 1. The van der Waals surface area contributed by atoms with Crippen LogP contribution in [0.3, 0.4) is 0 Å². The number of nitrogen functional groups attached to an aromatic ring is 1. The van der Waals surface area contributed by atoms with Crippen LogP contribution in [0.4, 0.5) is 14.6 Å². The standard InChI is InChI=1S/C14H13F2N3O2/c1-7-12(14(20)21-2)13(17)19-11(18-7)5-8-3-9(15)6-10(16)4-8/h3-4,6H,5H2,1-2H3,(H2,17,18,19). The molecule has 0 bridgehead atoms. The van der Waals surface area contributed by atoms with E-state index in [0.29, 0.717) is 11.3 Å². The molecule has 21 heavy (non-hydrogen) atoms. The number of rotatable bonds is 3. The summed E-state index contributed by atoms with van der Waals surface area (Å²) in [6.07, 6.45) is 0.0984. The van der Waals surface area contributed by atoms with E-state index in [4.69, 9.17) is 5.73 Å². The second kappa shape index (κ2) is 5.82. The van der Waals surface area contributed by atoms with Crippen molar-refractivity contribution in [3.8, 4) is 0 Å². The average molecular weight is 293 g/mol. The summed E-state index contributed by atoms with van der Waals surface area (Å²) >= 11 is 0. The second-order valence-corrected chi connectivity index (χ2v) is 4.43. The first-order valence-corrected chi connectivity index (χ1v) is 6.07. The average Bonchev–Trinajstić information content (AvgIpc) is 2.36. The molecule has 0 fully saturated rings. The predicted octanol–water partition coefficient (Wildman–Crippen LogP) is 2.02. The number of carbonyl (C=O) groups excluding carboxylic acids is 1. The van der Waals surface area contributed by atoms with Crippen LogP contribution < -0.4 is 5.73 Å². The number of aromatic nitrogens is 2. The number of anilines is 1. The molecule has 0 saturated carbocycles. The van der Waals surface area contributed by atoms with Crippen LogP contribution in [0.5, 0.6) is 0 Å². The van der Waals surface area contributed by atoms with Crippen molar-refractivity contribution in [3.05, 3.63) is 52.5 Å².